The molecule has 0 saturated heterocycles. The SMILES string of the molecule is COC1=C(C(=O)O)CC(Cl)=CC=C1Cl. The highest BCUT2D eigenvalue weighted by atomic mass is 35.5. The van der Waals surface area contributed by atoms with E-state index >= 15 is 0 Å². The first-order chi connectivity index (χ1) is 6.56. The number of allylic oxidation sites excluding steroid dienone is 4. The zero-order valence-electron chi connectivity index (χ0n) is 7.38. The summed E-state index contributed by atoms with van der Waals surface area (Å²) < 4.78 is 4.91. The first kappa shape index (κ1) is 11.1. The highest BCUT2D eigenvalue weighted by Gasteiger charge is 2.20. The van der Waals surface area contributed by atoms with Crippen molar-refractivity contribution in [3.63, 3.8) is 0 Å². The third-order valence-electron chi connectivity index (χ3n) is 1.71. The van der Waals surface area contributed by atoms with Crippen molar-refractivity contribution in [3.8, 4) is 0 Å². The van der Waals surface area contributed by atoms with Gasteiger partial charge in [0, 0.05) is 11.5 Å². The summed E-state index contributed by atoms with van der Waals surface area (Å²) in [4.78, 5) is 10.9. The van der Waals surface area contributed by atoms with Gasteiger partial charge in [0.15, 0.2) is 0 Å². The van der Waals surface area contributed by atoms with Crippen LogP contribution in [0.2, 0.25) is 0 Å². The summed E-state index contributed by atoms with van der Waals surface area (Å²) in [5.41, 5.74) is 0.0625. The second-order valence-corrected chi connectivity index (χ2v) is 3.51. The molecule has 1 N–H and O–H groups in total. The largest absolute Gasteiger partial charge is 0.495 e. The minimum Gasteiger partial charge on any atom is -0.495 e. The van der Waals surface area contributed by atoms with E-state index in [1.807, 2.05) is 0 Å². The fourth-order valence-corrected chi connectivity index (χ4v) is 1.54. The average molecular weight is 235 g/mol. The van der Waals surface area contributed by atoms with Crippen LogP contribution >= 0.6 is 23.2 Å². The van der Waals surface area contributed by atoms with Gasteiger partial charge in [-0.15, -0.1) is 0 Å². The predicted molar refractivity (Wildman–Crippen MR) is 54.2 cm³/mol. The monoisotopic (exact) mass is 234 g/mol. The van der Waals surface area contributed by atoms with Gasteiger partial charge >= 0.3 is 5.97 Å². The Labute approximate surface area is 91.3 Å². The molecule has 0 aromatic heterocycles. The molecule has 0 spiro atoms. The molecule has 0 radical (unpaired) electrons. The molecule has 76 valence electrons. The number of halogens is 2. The highest BCUT2D eigenvalue weighted by Crippen LogP contribution is 2.29. The van der Waals surface area contributed by atoms with Gasteiger partial charge in [-0.05, 0) is 12.2 Å². The Hall–Kier alpha value is -0.930. The Balaban J connectivity index is 3.23. The van der Waals surface area contributed by atoms with Crippen molar-refractivity contribution < 1.29 is 14.6 Å². The van der Waals surface area contributed by atoms with E-state index in [4.69, 9.17) is 33.0 Å². The average Bonchev–Trinajstić information content (AvgIpc) is 2.26. The lowest BCUT2D eigenvalue weighted by atomic mass is 10.1. The van der Waals surface area contributed by atoms with Crippen LogP contribution in [-0.2, 0) is 9.53 Å². The van der Waals surface area contributed by atoms with E-state index in [0.29, 0.717) is 5.03 Å². The molecule has 0 aromatic carbocycles. The van der Waals surface area contributed by atoms with Gasteiger partial charge < -0.3 is 9.84 Å². The second kappa shape index (κ2) is 4.53. The molecule has 0 saturated carbocycles. The van der Waals surface area contributed by atoms with Gasteiger partial charge in [-0.3, -0.25) is 0 Å². The van der Waals surface area contributed by atoms with Crippen molar-refractivity contribution in [1.29, 1.82) is 0 Å². The Morgan fingerprint density at radius 2 is 2.14 bits per heavy atom. The van der Waals surface area contributed by atoms with Crippen molar-refractivity contribution in [2.75, 3.05) is 7.11 Å². The molecule has 0 heterocycles. The molecule has 0 aliphatic heterocycles. The number of carboxylic acids is 1. The van der Waals surface area contributed by atoms with Crippen molar-refractivity contribution in [3.05, 3.63) is 33.5 Å². The van der Waals surface area contributed by atoms with Crippen LogP contribution in [0.5, 0.6) is 0 Å². The van der Waals surface area contributed by atoms with Crippen LogP contribution in [0.3, 0.4) is 0 Å². The molecule has 1 rings (SSSR count). The van der Waals surface area contributed by atoms with E-state index in [0.717, 1.165) is 0 Å². The van der Waals surface area contributed by atoms with Crippen LogP contribution in [0.15, 0.2) is 33.5 Å². The van der Waals surface area contributed by atoms with Gasteiger partial charge in [0.1, 0.15) is 5.76 Å². The Morgan fingerprint density at radius 1 is 1.50 bits per heavy atom. The molecule has 0 aromatic rings. The summed E-state index contributed by atoms with van der Waals surface area (Å²) in [6.45, 7) is 0. The van der Waals surface area contributed by atoms with E-state index in [2.05, 4.69) is 0 Å². The summed E-state index contributed by atoms with van der Waals surface area (Å²) in [5.74, 6) is -0.923. The Bertz CT molecular complexity index is 353. The molecule has 1 aliphatic carbocycles. The van der Waals surface area contributed by atoms with Crippen LogP contribution < -0.4 is 0 Å². The van der Waals surface area contributed by atoms with Crippen molar-refractivity contribution >= 4 is 29.2 Å². The van der Waals surface area contributed by atoms with Crippen molar-refractivity contribution in [2.24, 2.45) is 0 Å². The molecule has 14 heavy (non-hydrogen) atoms. The lowest BCUT2D eigenvalue weighted by Gasteiger charge is -2.07. The highest BCUT2D eigenvalue weighted by molar-refractivity contribution is 6.33. The van der Waals surface area contributed by atoms with Crippen LogP contribution in [0.25, 0.3) is 0 Å². The molecule has 1 aliphatic rings. The number of rotatable bonds is 2. The zero-order chi connectivity index (χ0) is 10.7. The first-order valence-electron chi connectivity index (χ1n) is 3.79. The minimum atomic E-state index is -1.08. The summed E-state index contributed by atoms with van der Waals surface area (Å²) in [5, 5.41) is 9.54. The maximum atomic E-state index is 10.9. The summed E-state index contributed by atoms with van der Waals surface area (Å²) >= 11 is 11.6. The lowest BCUT2D eigenvalue weighted by molar-refractivity contribution is -0.133. The maximum absolute atomic E-state index is 10.9. The number of hydrogen-bond acceptors (Lipinski definition) is 2. The number of hydrogen-bond donors (Lipinski definition) is 1. The van der Waals surface area contributed by atoms with Gasteiger partial charge in [-0.1, -0.05) is 23.2 Å². The normalized spacial score (nSPS) is 17.1. The van der Waals surface area contributed by atoms with Crippen LogP contribution in [0.1, 0.15) is 6.42 Å². The summed E-state index contributed by atoms with van der Waals surface area (Å²) in [7, 11) is 1.37. The van der Waals surface area contributed by atoms with Gasteiger partial charge in [-0.2, -0.15) is 0 Å². The molecular formula is C9H8Cl2O3. The third-order valence-corrected chi connectivity index (χ3v) is 2.27. The van der Waals surface area contributed by atoms with E-state index in [1.165, 1.54) is 13.2 Å². The molecule has 3 nitrogen and oxygen atoms in total. The molecule has 0 unspecified atom stereocenters. The van der Waals surface area contributed by atoms with Crippen LogP contribution in [0.4, 0.5) is 0 Å². The molecule has 0 amide bonds. The van der Waals surface area contributed by atoms with E-state index in [-0.39, 0.29) is 22.8 Å². The molecule has 0 fully saturated rings. The fraction of sp³-hybridized carbons (Fsp3) is 0.222. The minimum absolute atomic E-state index is 0.0625. The van der Waals surface area contributed by atoms with E-state index in [9.17, 15) is 4.79 Å². The number of aliphatic carboxylic acids is 1. The Morgan fingerprint density at radius 3 is 2.64 bits per heavy atom. The topological polar surface area (TPSA) is 46.5 Å². The number of methoxy groups -OCH3 is 1. The summed E-state index contributed by atoms with van der Waals surface area (Å²) in [6.07, 6.45) is 3.18. The number of ether oxygens (including phenoxy) is 1. The van der Waals surface area contributed by atoms with Gasteiger partial charge in [-0.25, -0.2) is 4.79 Å². The van der Waals surface area contributed by atoms with E-state index < -0.39 is 5.97 Å². The smallest absolute Gasteiger partial charge is 0.335 e. The van der Waals surface area contributed by atoms with Crippen LogP contribution in [0, 0.1) is 0 Å². The third kappa shape index (κ3) is 2.30. The quantitative estimate of drug-likeness (QED) is 0.800. The molecular weight excluding hydrogens is 227 g/mol. The number of carbonyl (C=O) groups is 1. The van der Waals surface area contributed by atoms with Gasteiger partial charge in [0.05, 0.1) is 17.7 Å². The summed E-state index contributed by atoms with van der Waals surface area (Å²) in [6, 6.07) is 0. The number of carboxylic acid groups (broad SMARTS) is 1. The van der Waals surface area contributed by atoms with Crippen LogP contribution in [-0.4, -0.2) is 18.2 Å². The lowest BCUT2D eigenvalue weighted by Crippen LogP contribution is -2.06. The zero-order valence-corrected chi connectivity index (χ0v) is 8.89. The standard InChI is InChI=1S/C9H8Cl2O3/c1-14-8-6(9(12)13)4-5(10)2-3-7(8)11/h2-3H,4H2,1H3,(H,12,13). The van der Waals surface area contributed by atoms with Crippen molar-refractivity contribution in [2.45, 2.75) is 6.42 Å². The molecule has 5 heteroatoms. The molecule has 0 atom stereocenters. The van der Waals surface area contributed by atoms with Gasteiger partial charge in [0.25, 0.3) is 0 Å². The predicted octanol–water partition coefficient (Wildman–Crippen LogP) is 2.62. The van der Waals surface area contributed by atoms with Gasteiger partial charge in [0.2, 0.25) is 0 Å². The second-order valence-electron chi connectivity index (χ2n) is 2.62. The maximum Gasteiger partial charge on any atom is 0.335 e. The Kier molecular flexibility index (Phi) is 3.61. The van der Waals surface area contributed by atoms with Crippen molar-refractivity contribution in [1.82, 2.24) is 0 Å². The van der Waals surface area contributed by atoms with E-state index in [1.54, 1.807) is 6.08 Å². The molecule has 0 bridgehead atoms. The fourth-order valence-electron chi connectivity index (χ4n) is 1.08. The first-order valence-corrected chi connectivity index (χ1v) is 4.54.